The Morgan fingerprint density at radius 3 is 2.70 bits per heavy atom. The van der Waals surface area contributed by atoms with Gasteiger partial charge in [-0.05, 0) is 26.0 Å². The number of nitrogens with two attached hydrogens (primary N) is 1. The van der Waals surface area contributed by atoms with E-state index in [1.807, 2.05) is 44.2 Å². The lowest BCUT2D eigenvalue weighted by atomic mass is 10.1. The quantitative estimate of drug-likeness (QED) is 0.554. The molecule has 0 radical (unpaired) electrons. The minimum absolute atomic E-state index is 0.480. The molecule has 4 aromatic rings. The molecule has 4 rings (SSSR count). The number of imidazole rings is 1. The predicted molar refractivity (Wildman–Crippen MR) is 88.1 cm³/mol. The van der Waals surface area contributed by atoms with Gasteiger partial charge >= 0.3 is 0 Å². The molecule has 0 aliphatic rings. The highest BCUT2D eigenvalue weighted by Gasteiger charge is 2.16. The maximum absolute atomic E-state index is 6.12. The first-order valence-electron chi connectivity index (χ1n) is 7.23. The summed E-state index contributed by atoms with van der Waals surface area (Å²) in [4.78, 5) is 16.5. The number of para-hydroxylation sites is 1. The Morgan fingerprint density at radius 1 is 1.13 bits per heavy atom. The third kappa shape index (κ3) is 2.13. The van der Waals surface area contributed by atoms with Crippen molar-refractivity contribution in [1.82, 2.24) is 29.7 Å². The van der Waals surface area contributed by atoms with Crippen LogP contribution in [0.3, 0.4) is 0 Å². The van der Waals surface area contributed by atoms with Gasteiger partial charge in [-0.15, -0.1) is 0 Å². The van der Waals surface area contributed by atoms with Gasteiger partial charge in [-0.25, -0.2) is 14.6 Å². The molecule has 0 bridgehead atoms. The van der Waals surface area contributed by atoms with Crippen molar-refractivity contribution in [2.45, 2.75) is 13.8 Å². The number of anilines is 1. The molecule has 0 spiro atoms. The first-order chi connectivity index (χ1) is 11.1. The molecule has 0 aliphatic carbocycles. The van der Waals surface area contributed by atoms with Crippen molar-refractivity contribution in [2.75, 3.05) is 5.73 Å². The van der Waals surface area contributed by atoms with Gasteiger partial charge in [-0.2, -0.15) is 10.1 Å². The highest BCUT2D eigenvalue weighted by atomic mass is 15.4. The van der Waals surface area contributed by atoms with Crippen LogP contribution in [0.2, 0.25) is 0 Å². The van der Waals surface area contributed by atoms with Gasteiger partial charge in [0.1, 0.15) is 11.2 Å². The molecule has 114 valence electrons. The number of hydrogen-bond acceptors (Lipinski definition) is 5. The third-order valence-corrected chi connectivity index (χ3v) is 3.69. The molecule has 0 saturated heterocycles. The van der Waals surface area contributed by atoms with Crippen molar-refractivity contribution in [3.63, 3.8) is 0 Å². The molecule has 0 amide bonds. The minimum atomic E-state index is 0.480. The van der Waals surface area contributed by atoms with Gasteiger partial charge in [0.25, 0.3) is 5.95 Å². The maximum Gasteiger partial charge on any atom is 0.253 e. The van der Waals surface area contributed by atoms with Gasteiger partial charge < -0.3 is 10.7 Å². The van der Waals surface area contributed by atoms with E-state index < -0.39 is 0 Å². The van der Waals surface area contributed by atoms with Crippen LogP contribution in [0.1, 0.15) is 11.4 Å². The standard InChI is InChI=1S/C16H15N7/c1-9-7-10(2)23(22-9)16-20-13(11-5-3-4-6-12(11)17)14-15(21-16)19-8-18-14/h3-8H,17H2,1-2H3,(H,18,19,20,21). The molecule has 0 atom stereocenters. The summed E-state index contributed by atoms with van der Waals surface area (Å²) in [5.74, 6) is 0.480. The van der Waals surface area contributed by atoms with Gasteiger partial charge in [0.2, 0.25) is 0 Å². The van der Waals surface area contributed by atoms with Crippen molar-refractivity contribution in [3.8, 4) is 17.2 Å². The lowest BCUT2D eigenvalue weighted by Gasteiger charge is -2.08. The third-order valence-electron chi connectivity index (χ3n) is 3.69. The Kier molecular flexibility index (Phi) is 2.87. The second-order valence-corrected chi connectivity index (χ2v) is 5.40. The monoisotopic (exact) mass is 305 g/mol. The van der Waals surface area contributed by atoms with Crippen molar-refractivity contribution in [3.05, 3.63) is 48.0 Å². The largest absolute Gasteiger partial charge is 0.398 e. The number of aromatic nitrogens is 6. The van der Waals surface area contributed by atoms with E-state index in [0.717, 1.165) is 22.5 Å². The number of hydrogen-bond donors (Lipinski definition) is 2. The first-order valence-corrected chi connectivity index (χ1v) is 7.23. The number of aromatic amines is 1. The molecular formula is C16H15N7. The van der Waals surface area contributed by atoms with Crippen LogP contribution in [0.5, 0.6) is 0 Å². The Labute approximate surface area is 132 Å². The number of rotatable bonds is 2. The Morgan fingerprint density at radius 2 is 1.96 bits per heavy atom. The average molecular weight is 305 g/mol. The van der Waals surface area contributed by atoms with Gasteiger partial charge in [0.05, 0.1) is 12.0 Å². The number of nitrogens with zero attached hydrogens (tertiary/aromatic N) is 5. The van der Waals surface area contributed by atoms with Crippen LogP contribution >= 0.6 is 0 Å². The molecule has 0 fully saturated rings. The lowest BCUT2D eigenvalue weighted by Crippen LogP contribution is -2.07. The minimum Gasteiger partial charge on any atom is -0.398 e. The second-order valence-electron chi connectivity index (χ2n) is 5.40. The van der Waals surface area contributed by atoms with E-state index >= 15 is 0 Å². The van der Waals surface area contributed by atoms with Crippen LogP contribution in [0.25, 0.3) is 28.4 Å². The molecule has 23 heavy (non-hydrogen) atoms. The number of H-pyrrole nitrogens is 1. The fourth-order valence-electron chi connectivity index (χ4n) is 2.66. The Hall–Kier alpha value is -3.22. The zero-order valence-corrected chi connectivity index (χ0v) is 12.8. The Bertz CT molecular complexity index is 1010. The normalized spacial score (nSPS) is 11.2. The number of benzene rings is 1. The van der Waals surface area contributed by atoms with Crippen molar-refractivity contribution in [1.29, 1.82) is 0 Å². The fraction of sp³-hybridized carbons (Fsp3) is 0.125. The summed E-state index contributed by atoms with van der Waals surface area (Å²) in [7, 11) is 0. The zero-order chi connectivity index (χ0) is 16.0. The molecule has 3 heterocycles. The Balaban J connectivity index is 2.03. The van der Waals surface area contributed by atoms with Crippen molar-refractivity contribution < 1.29 is 0 Å². The fourth-order valence-corrected chi connectivity index (χ4v) is 2.66. The van der Waals surface area contributed by atoms with Crippen LogP contribution < -0.4 is 5.73 Å². The number of nitrogens with one attached hydrogen (secondary N) is 1. The molecular weight excluding hydrogens is 290 g/mol. The van der Waals surface area contributed by atoms with Gasteiger partial charge in [0, 0.05) is 16.9 Å². The summed E-state index contributed by atoms with van der Waals surface area (Å²) in [6.45, 7) is 3.90. The average Bonchev–Trinajstić information content (AvgIpc) is 3.12. The van der Waals surface area contributed by atoms with E-state index in [1.54, 1.807) is 11.0 Å². The van der Waals surface area contributed by atoms with Gasteiger partial charge in [-0.1, -0.05) is 18.2 Å². The van der Waals surface area contributed by atoms with Crippen LogP contribution in [0.15, 0.2) is 36.7 Å². The number of nitrogen functional groups attached to an aromatic ring is 1. The number of fused-ring (bicyclic) bond motifs is 1. The highest BCUT2D eigenvalue weighted by Crippen LogP contribution is 2.29. The lowest BCUT2D eigenvalue weighted by molar-refractivity contribution is 0.780. The molecule has 0 unspecified atom stereocenters. The van der Waals surface area contributed by atoms with Crippen molar-refractivity contribution in [2.24, 2.45) is 0 Å². The SMILES string of the molecule is Cc1cc(C)n(-c2nc(-c3ccccc3N)c3[nH]cnc3n2)n1. The van der Waals surface area contributed by atoms with Gasteiger partial charge in [-0.3, -0.25) is 0 Å². The summed E-state index contributed by atoms with van der Waals surface area (Å²) >= 11 is 0. The molecule has 3 aromatic heterocycles. The smallest absolute Gasteiger partial charge is 0.253 e. The van der Waals surface area contributed by atoms with E-state index in [-0.39, 0.29) is 0 Å². The molecule has 7 heteroatoms. The first kappa shape index (κ1) is 13.4. The topological polar surface area (TPSA) is 98.3 Å². The summed E-state index contributed by atoms with van der Waals surface area (Å²) in [5, 5.41) is 4.45. The summed E-state index contributed by atoms with van der Waals surface area (Å²) in [5.41, 5.74) is 11.5. The molecule has 0 aliphatic heterocycles. The zero-order valence-electron chi connectivity index (χ0n) is 12.8. The van der Waals surface area contributed by atoms with Crippen LogP contribution in [-0.4, -0.2) is 29.7 Å². The van der Waals surface area contributed by atoms with Crippen LogP contribution in [0.4, 0.5) is 5.69 Å². The molecule has 0 saturated carbocycles. The highest BCUT2D eigenvalue weighted by molar-refractivity contribution is 5.91. The number of aryl methyl sites for hydroxylation is 2. The predicted octanol–water partition coefficient (Wildman–Crippen LogP) is 2.40. The van der Waals surface area contributed by atoms with Crippen LogP contribution in [0, 0.1) is 13.8 Å². The summed E-state index contributed by atoms with van der Waals surface area (Å²) < 4.78 is 1.71. The van der Waals surface area contributed by atoms with Crippen LogP contribution in [-0.2, 0) is 0 Å². The van der Waals surface area contributed by atoms with E-state index in [0.29, 0.717) is 23.0 Å². The summed E-state index contributed by atoms with van der Waals surface area (Å²) in [6.07, 6.45) is 1.60. The molecule has 3 N–H and O–H groups in total. The van der Waals surface area contributed by atoms with E-state index in [2.05, 4.69) is 25.0 Å². The van der Waals surface area contributed by atoms with E-state index in [1.165, 1.54) is 0 Å². The maximum atomic E-state index is 6.12. The van der Waals surface area contributed by atoms with E-state index in [4.69, 9.17) is 5.73 Å². The summed E-state index contributed by atoms with van der Waals surface area (Å²) in [6, 6.07) is 9.59. The molecule has 7 nitrogen and oxygen atoms in total. The molecule has 1 aromatic carbocycles. The van der Waals surface area contributed by atoms with Crippen molar-refractivity contribution >= 4 is 16.9 Å². The second kappa shape index (κ2) is 4.91. The van der Waals surface area contributed by atoms with E-state index in [9.17, 15) is 0 Å². The van der Waals surface area contributed by atoms with Gasteiger partial charge in [0.15, 0.2) is 5.65 Å².